The van der Waals surface area contributed by atoms with Gasteiger partial charge in [0.1, 0.15) is 0 Å². The van der Waals surface area contributed by atoms with Crippen molar-refractivity contribution in [2.45, 2.75) is 12.5 Å². The molecule has 1 fully saturated rings. The van der Waals surface area contributed by atoms with E-state index >= 15 is 0 Å². The Bertz CT molecular complexity index is 460. The molecule has 6 heteroatoms. The van der Waals surface area contributed by atoms with Crippen LogP contribution >= 0.6 is 0 Å². The van der Waals surface area contributed by atoms with Gasteiger partial charge in [-0.15, -0.1) is 0 Å². The first-order chi connectivity index (χ1) is 9.08. The molecular weight excluding hydrogens is 272 g/mol. The SMILES string of the molecule is O=S1CCN(CCC(O)c2cccc(F)c2F)CC1. The first-order valence-corrected chi connectivity index (χ1v) is 7.76. The second-order valence-electron chi connectivity index (χ2n) is 4.64. The number of halogens is 2. The summed E-state index contributed by atoms with van der Waals surface area (Å²) in [6, 6.07) is 3.82. The Labute approximate surface area is 113 Å². The molecule has 0 saturated carbocycles. The Morgan fingerprint density at radius 1 is 1.32 bits per heavy atom. The van der Waals surface area contributed by atoms with Crippen molar-refractivity contribution in [1.82, 2.24) is 4.90 Å². The van der Waals surface area contributed by atoms with Crippen LogP contribution in [0.15, 0.2) is 18.2 Å². The molecule has 0 bridgehead atoms. The van der Waals surface area contributed by atoms with E-state index in [9.17, 15) is 18.1 Å². The van der Waals surface area contributed by atoms with E-state index in [1.807, 2.05) is 0 Å². The first kappa shape index (κ1) is 14.6. The van der Waals surface area contributed by atoms with E-state index in [1.54, 1.807) is 0 Å². The molecule has 1 heterocycles. The Morgan fingerprint density at radius 2 is 2.00 bits per heavy atom. The fraction of sp³-hybridized carbons (Fsp3) is 0.538. The molecule has 0 aromatic heterocycles. The van der Waals surface area contributed by atoms with Gasteiger partial charge >= 0.3 is 0 Å². The van der Waals surface area contributed by atoms with Crippen molar-refractivity contribution >= 4 is 10.8 Å². The van der Waals surface area contributed by atoms with Crippen LogP contribution in [0.4, 0.5) is 8.78 Å². The number of aliphatic hydroxyl groups excluding tert-OH is 1. The number of nitrogens with zero attached hydrogens (tertiary/aromatic N) is 1. The highest BCUT2D eigenvalue weighted by Gasteiger charge is 2.19. The van der Waals surface area contributed by atoms with Gasteiger partial charge in [0.2, 0.25) is 0 Å². The summed E-state index contributed by atoms with van der Waals surface area (Å²) in [6.07, 6.45) is -0.671. The van der Waals surface area contributed by atoms with Gasteiger partial charge in [-0.2, -0.15) is 0 Å². The minimum absolute atomic E-state index is 0.000542. The van der Waals surface area contributed by atoms with E-state index in [2.05, 4.69) is 4.90 Å². The molecule has 1 unspecified atom stereocenters. The lowest BCUT2D eigenvalue weighted by Crippen LogP contribution is -2.38. The molecule has 1 N–H and O–H groups in total. The van der Waals surface area contributed by atoms with Crippen LogP contribution < -0.4 is 0 Å². The van der Waals surface area contributed by atoms with Crippen molar-refractivity contribution < 1.29 is 18.1 Å². The first-order valence-electron chi connectivity index (χ1n) is 6.27. The average molecular weight is 289 g/mol. The van der Waals surface area contributed by atoms with Crippen molar-refractivity contribution in [2.24, 2.45) is 0 Å². The number of hydrogen-bond acceptors (Lipinski definition) is 3. The molecule has 0 radical (unpaired) electrons. The summed E-state index contributed by atoms with van der Waals surface area (Å²) in [5, 5.41) is 9.92. The van der Waals surface area contributed by atoms with E-state index < -0.39 is 28.5 Å². The molecule has 106 valence electrons. The zero-order valence-electron chi connectivity index (χ0n) is 10.5. The van der Waals surface area contributed by atoms with Crippen LogP contribution in [0, 0.1) is 11.6 Å². The maximum absolute atomic E-state index is 13.5. The highest BCUT2D eigenvalue weighted by atomic mass is 32.2. The van der Waals surface area contributed by atoms with Crippen LogP contribution in [-0.4, -0.2) is 45.4 Å². The Morgan fingerprint density at radius 3 is 2.68 bits per heavy atom. The second-order valence-corrected chi connectivity index (χ2v) is 6.33. The fourth-order valence-electron chi connectivity index (χ4n) is 2.14. The lowest BCUT2D eigenvalue weighted by Gasteiger charge is -2.27. The average Bonchev–Trinajstić information content (AvgIpc) is 2.41. The van der Waals surface area contributed by atoms with Crippen LogP contribution in [0.25, 0.3) is 0 Å². The van der Waals surface area contributed by atoms with Crippen LogP contribution in [-0.2, 0) is 10.8 Å². The number of hydrogen-bond donors (Lipinski definition) is 1. The van der Waals surface area contributed by atoms with E-state index in [0.29, 0.717) is 24.5 Å². The summed E-state index contributed by atoms with van der Waals surface area (Å²) in [7, 11) is -0.732. The summed E-state index contributed by atoms with van der Waals surface area (Å²) >= 11 is 0. The third-order valence-corrected chi connectivity index (χ3v) is 4.61. The second kappa shape index (κ2) is 6.54. The lowest BCUT2D eigenvalue weighted by atomic mass is 10.1. The molecule has 0 aliphatic carbocycles. The summed E-state index contributed by atoms with van der Waals surface area (Å²) in [6.45, 7) is 2.05. The molecule has 1 aromatic rings. The predicted molar refractivity (Wildman–Crippen MR) is 70.3 cm³/mol. The smallest absolute Gasteiger partial charge is 0.164 e. The van der Waals surface area contributed by atoms with Crippen molar-refractivity contribution in [2.75, 3.05) is 31.1 Å². The van der Waals surface area contributed by atoms with E-state index in [0.717, 1.165) is 19.2 Å². The standard InChI is InChI=1S/C13H17F2NO2S/c14-11-3-1-2-10(13(11)15)12(17)4-5-16-6-8-19(18)9-7-16/h1-3,12,17H,4-9H2. The normalized spacial score (nSPS) is 19.5. The van der Waals surface area contributed by atoms with Gasteiger partial charge in [-0.05, 0) is 12.5 Å². The van der Waals surface area contributed by atoms with Crippen molar-refractivity contribution in [1.29, 1.82) is 0 Å². The highest BCUT2D eigenvalue weighted by Crippen LogP contribution is 2.22. The monoisotopic (exact) mass is 289 g/mol. The molecule has 2 rings (SSSR count). The lowest BCUT2D eigenvalue weighted by molar-refractivity contribution is 0.140. The van der Waals surface area contributed by atoms with Crippen molar-refractivity contribution in [3.05, 3.63) is 35.4 Å². The molecule has 0 spiro atoms. The van der Waals surface area contributed by atoms with Crippen LogP contribution in [0.3, 0.4) is 0 Å². The van der Waals surface area contributed by atoms with Gasteiger partial charge in [0, 0.05) is 47.5 Å². The van der Waals surface area contributed by atoms with Gasteiger partial charge in [-0.3, -0.25) is 4.21 Å². The maximum Gasteiger partial charge on any atom is 0.164 e. The number of rotatable bonds is 4. The van der Waals surface area contributed by atoms with Gasteiger partial charge in [0.15, 0.2) is 11.6 Å². The molecule has 1 atom stereocenters. The van der Waals surface area contributed by atoms with Crippen LogP contribution in [0.2, 0.25) is 0 Å². The minimum Gasteiger partial charge on any atom is -0.388 e. The van der Waals surface area contributed by atoms with E-state index in [4.69, 9.17) is 0 Å². The van der Waals surface area contributed by atoms with Crippen molar-refractivity contribution in [3.63, 3.8) is 0 Å². The summed E-state index contributed by atoms with van der Waals surface area (Å²) in [5.74, 6) is -0.630. The maximum atomic E-state index is 13.5. The zero-order chi connectivity index (χ0) is 13.8. The minimum atomic E-state index is -1.01. The summed E-state index contributed by atoms with van der Waals surface area (Å²) in [4.78, 5) is 2.09. The molecule has 19 heavy (non-hydrogen) atoms. The molecule has 1 aromatic carbocycles. The van der Waals surface area contributed by atoms with E-state index in [-0.39, 0.29) is 5.56 Å². The van der Waals surface area contributed by atoms with Crippen molar-refractivity contribution in [3.8, 4) is 0 Å². The zero-order valence-corrected chi connectivity index (χ0v) is 11.3. The van der Waals surface area contributed by atoms with Gasteiger partial charge in [0.25, 0.3) is 0 Å². The number of benzene rings is 1. The largest absolute Gasteiger partial charge is 0.388 e. The third kappa shape index (κ3) is 3.81. The summed E-state index contributed by atoms with van der Waals surface area (Å²) < 4.78 is 37.7. The van der Waals surface area contributed by atoms with Gasteiger partial charge in [0.05, 0.1) is 6.10 Å². The number of aliphatic hydroxyl groups is 1. The molecule has 1 aliphatic rings. The topological polar surface area (TPSA) is 40.5 Å². The predicted octanol–water partition coefficient (Wildman–Crippen LogP) is 1.45. The Balaban J connectivity index is 1.89. The van der Waals surface area contributed by atoms with E-state index in [1.165, 1.54) is 12.1 Å². The molecule has 0 amide bonds. The highest BCUT2D eigenvalue weighted by molar-refractivity contribution is 7.85. The van der Waals surface area contributed by atoms with Crippen LogP contribution in [0.1, 0.15) is 18.1 Å². The van der Waals surface area contributed by atoms with Gasteiger partial charge in [-0.1, -0.05) is 12.1 Å². The fourth-order valence-corrected chi connectivity index (χ4v) is 3.27. The Kier molecular flexibility index (Phi) is 5.01. The van der Waals surface area contributed by atoms with Gasteiger partial charge < -0.3 is 10.0 Å². The van der Waals surface area contributed by atoms with Crippen LogP contribution in [0.5, 0.6) is 0 Å². The third-order valence-electron chi connectivity index (χ3n) is 3.33. The summed E-state index contributed by atoms with van der Waals surface area (Å²) in [5.41, 5.74) is 0.000542. The van der Waals surface area contributed by atoms with Gasteiger partial charge in [-0.25, -0.2) is 8.78 Å². The molecular formula is C13H17F2NO2S. The molecule has 1 aliphatic heterocycles. The molecule has 3 nitrogen and oxygen atoms in total. The Hall–Kier alpha value is -0.850. The quantitative estimate of drug-likeness (QED) is 0.912. The molecule has 1 saturated heterocycles.